The molecule has 6 nitrogen and oxygen atoms in total. The Bertz CT molecular complexity index is 656. The van der Waals surface area contributed by atoms with E-state index in [4.69, 9.17) is 9.47 Å². The molecule has 1 atom stereocenters. The molecule has 1 aromatic carbocycles. The maximum Gasteiger partial charge on any atom is 0.220 e. The molecular formula is C17H25NO5S. The van der Waals surface area contributed by atoms with Gasteiger partial charge in [0.25, 0.3) is 0 Å². The molecule has 0 unspecified atom stereocenters. The van der Waals surface area contributed by atoms with E-state index in [1.165, 1.54) is 0 Å². The number of benzene rings is 1. The topological polar surface area (TPSA) is 81.7 Å². The first-order chi connectivity index (χ1) is 11.3. The van der Waals surface area contributed by atoms with Crippen molar-refractivity contribution in [2.24, 2.45) is 0 Å². The third-order valence-corrected chi connectivity index (χ3v) is 5.80. The van der Waals surface area contributed by atoms with E-state index in [-0.39, 0.29) is 17.4 Å². The molecular weight excluding hydrogens is 330 g/mol. The molecule has 0 radical (unpaired) electrons. The lowest BCUT2D eigenvalue weighted by atomic mass is 10.0. The Balaban J connectivity index is 1.67. The van der Waals surface area contributed by atoms with Crippen LogP contribution in [0.15, 0.2) is 24.3 Å². The number of ether oxygens (including phenoxy) is 2. The van der Waals surface area contributed by atoms with Crippen LogP contribution in [0.4, 0.5) is 0 Å². The summed E-state index contributed by atoms with van der Waals surface area (Å²) in [6.07, 6.45) is 1.36. The van der Waals surface area contributed by atoms with Gasteiger partial charge in [-0.2, -0.15) is 0 Å². The number of hydrogen-bond acceptors (Lipinski definition) is 5. The number of amides is 1. The molecule has 7 heteroatoms. The van der Waals surface area contributed by atoms with Crippen molar-refractivity contribution >= 4 is 15.7 Å². The van der Waals surface area contributed by atoms with Crippen molar-refractivity contribution in [3.8, 4) is 11.5 Å². The summed E-state index contributed by atoms with van der Waals surface area (Å²) in [5.74, 6) is 1.56. The molecule has 1 fully saturated rings. The normalized spacial score (nSPS) is 22.1. The first kappa shape index (κ1) is 18.6. The van der Waals surface area contributed by atoms with Crippen LogP contribution in [-0.2, 0) is 14.6 Å². The van der Waals surface area contributed by atoms with Crippen molar-refractivity contribution < 1.29 is 22.7 Å². The van der Waals surface area contributed by atoms with Crippen molar-refractivity contribution in [1.82, 2.24) is 5.32 Å². The van der Waals surface area contributed by atoms with Gasteiger partial charge >= 0.3 is 0 Å². The zero-order valence-electron chi connectivity index (χ0n) is 14.2. The first-order valence-corrected chi connectivity index (χ1v) is 10.0. The van der Waals surface area contributed by atoms with Crippen LogP contribution in [-0.4, -0.2) is 44.6 Å². The van der Waals surface area contributed by atoms with Crippen LogP contribution < -0.4 is 14.8 Å². The van der Waals surface area contributed by atoms with E-state index in [0.717, 1.165) is 11.5 Å². The van der Waals surface area contributed by atoms with Crippen LogP contribution in [0.25, 0.3) is 0 Å². The van der Waals surface area contributed by atoms with Crippen molar-refractivity contribution in [1.29, 1.82) is 0 Å². The molecule has 0 bridgehead atoms. The molecule has 0 spiro atoms. The summed E-state index contributed by atoms with van der Waals surface area (Å²) in [6.45, 7) is 4.76. The summed E-state index contributed by atoms with van der Waals surface area (Å²) < 4.78 is 34.0. The summed E-state index contributed by atoms with van der Waals surface area (Å²) in [4.78, 5) is 12.0. The minimum atomic E-state index is -3.02. The van der Waals surface area contributed by atoms with Gasteiger partial charge in [-0.1, -0.05) is 0 Å². The van der Waals surface area contributed by atoms with Crippen molar-refractivity contribution in [3.63, 3.8) is 0 Å². The third kappa shape index (κ3) is 5.70. The molecule has 2 rings (SSSR count). The van der Waals surface area contributed by atoms with E-state index < -0.39 is 15.4 Å². The van der Waals surface area contributed by atoms with Gasteiger partial charge in [0, 0.05) is 6.42 Å². The van der Waals surface area contributed by atoms with E-state index in [1.807, 2.05) is 31.2 Å². The third-order valence-electron chi connectivity index (χ3n) is 3.90. The van der Waals surface area contributed by atoms with Gasteiger partial charge in [0.1, 0.15) is 11.5 Å². The van der Waals surface area contributed by atoms with Gasteiger partial charge in [0.15, 0.2) is 9.84 Å². The quantitative estimate of drug-likeness (QED) is 0.721. The Labute approximate surface area is 143 Å². The molecule has 24 heavy (non-hydrogen) atoms. The second-order valence-corrected chi connectivity index (χ2v) is 8.49. The second-order valence-electron chi connectivity index (χ2n) is 6.31. The molecule has 0 aliphatic carbocycles. The Hall–Kier alpha value is -1.76. The van der Waals surface area contributed by atoms with Crippen molar-refractivity contribution in [2.75, 3.05) is 24.7 Å². The predicted octanol–water partition coefficient (Wildman–Crippen LogP) is 1.94. The zero-order valence-corrected chi connectivity index (χ0v) is 15.0. The molecule has 0 aromatic heterocycles. The maximum atomic E-state index is 12.0. The van der Waals surface area contributed by atoms with Crippen molar-refractivity contribution in [3.05, 3.63) is 24.3 Å². The van der Waals surface area contributed by atoms with Crippen LogP contribution >= 0.6 is 0 Å². The largest absolute Gasteiger partial charge is 0.494 e. The Morgan fingerprint density at radius 2 is 1.83 bits per heavy atom. The van der Waals surface area contributed by atoms with Gasteiger partial charge in [-0.25, -0.2) is 8.42 Å². The fraction of sp³-hybridized carbons (Fsp3) is 0.588. The molecule has 1 N–H and O–H groups in total. The van der Waals surface area contributed by atoms with E-state index in [2.05, 4.69) is 5.32 Å². The van der Waals surface area contributed by atoms with Gasteiger partial charge in [0.05, 0.1) is 30.3 Å². The summed E-state index contributed by atoms with van der Waals surface area (Å²) in [6, 6.07) is 7.34. The standard InChI is InChI=1S/C17H25NO5S/c1-3-22-14-6-8-15(9-7-14)23-11-4-5-16(19)18-17(2)10-12-24(20,21)13-17/h6-9H,3-5,10-13H2,1-2H3,(H,18,19)/t17-/m0/s1. The number of nitrogens with one attached hydrogen (secondary N) is 1. The fourth-order valence-corrected chi connectivity index (χ4v) is 4.82. The highest BCUT2D eigenvalue weighted by Gasteiger charge is 2.39. The molecule has 1 heterocycles. The van der Waals surface area contributed by atoms with E-state index >= 15 is 0 Å². The average Bonchev–Trinajstić information content (AvgIpc) is 2.79. The van der Waals surface area contributed by atoms with Gasteiger partial charge < -0.3 is 14.8 Å². The number of carbonyl (C=O) groups excluding carboxylic acids is 1. The Kier molecular flexibility index (Phi) is 6.10. The lowest BCUT2D eigenvalue weighted by Gasteiger charge is -2.23. The number of hydrogen-bond donors (Lipinski definition) is 1. The van der Waals surface area contributed by atoms with Crippen LogP contribution in [0.5, 0.6) is 11.5 Å². The van der Waals surface area contributed by atoms with Crippen LogP contribution in [0.1, 0.15) is 33.1 Å². The smallest absolute Gasteiger partial charge is 0.220 e. The van der Waals surface area contributed by atoms with E-state index in [1.54, 1.807) is 6.92 Å². The zero-order chi connectivity index (χ0) is 17.6. The lowest BCUT2D eigenvalue weighted by molar-refractivity contribution is -0.122. The molecule has 1 saturated heterocycles. The maximum absolute atomic E-state index is 12.0. The van der Waals surface area contributed by atoms with Gasteiger partial charge in [-0.15, -0.1) is 0 Å². The summed E-state index contributed by atoms with van der Waals surface area (Å²) in [7, 11) is -3.02. The minimum absolute atomic E-state index is 0.0222. The number of carbonyl (C=O) groups is 1. The molecule has 0 saturated carbocycles. The predicted molar refractivity (Wildman–Crippen MR) is 92.2 cm³/mol. The number of rotatable bonds is 8. The summed E-state index contributed by atoms with van der Waals surface area (Å²) in [5.41, 5.74) is -0.633. The fourth-order valence-electron chi connectivity index (χ4n) is 2.73. The van der Waals surface area contributed by atoms with E-state index in [9.17, 15) is 13.2 Å². The summed E-state index contributed by atoms with van der Waals surface area (Å²) in [5, 5.41) is 2.84. The minimum Gasteiger partial charge on any atom is -0.494 e. The van der Waals surface area contributed by atoms with Crippen molar-refractivity contribution in [2.45, 2.75) is 38.6 Å². The van der Waals surface area contributed by atoms with Gasteiger partial charge in [-0.05, 0) is 51.0 Å². The van der Waals surface area contributed by atoms with E-state index in [0.29, 0.717) is 32.5 Å². The first-order valence-electron chi connectivity index (χ1n) is 8.19. The monoisotopic (exact) mass is 355 g/mol. The highest BCUT2D eigenvalue weighted by molar-refractivity contribution is 7.91. The Morgan fingerprint density at radius 3 is 2.38 bits per heavy atom. The molecule has 134 valence electrons. The molecule has 1 aliphatic rings. The average molecular weight is 355 g/mol. The van der Waals surface area contributed by atoms with Gasteiger partial charge in [-0.3, -0.25) is 4.79 Å². The SMILES string of the molecule is CCOc1ccc(OCCCC(=O)N[C@@]2(C)CCS(=O)(=O)C2)cc1. The number of sulfone groups is 1. The molecule has 1 aliphatic heterocycles. The highest BCUT2D eigenvalue weighted by atomic mass is 32.2. The summed E-state index contributed by atoms with van der Waals surface area (Å²) >= 11 is 0. The van der Waals surface area contributed by atoms with Crippen LogP contribution in [0.2, 0.25) is 0 Å². The molecule has 1 aromatic rings. The lowest BCUT2D eigenvalue weighted by Crippen LogP contribution is -2.46. The second kappa shape index (κ2) is 7.88. The Morgan fingerprint density at radius 1 is 1.21 bits per heavy atom. The van der Waals surface area contributed by atoms with Crippen LogP contribution in [0.3, 0.4) is 0 Å². The molecule has 1 amide bonds. The van der Waals surface area contributed by atoms with Crippen LogP contribution in [0, 0.1) is 0 Å². The highest BCUT2D eigenvalue weighted by Crippen LogP contribution is 2.23. The van der Waals surface area contributed by atoms with Gasteiger partial charge in [0.2, 0.25) is 5.91 Å².